The second-order valence-corrected chi connectivity index (χ2v) is 39.7. The molecule has 0 aromatic rings. The molecule has 6 saturated heterocycles. The predicted molar refractivity (Wildman–Crippen MR) is 393 cm³/mol. The molecule has 6 aliphatic heterocycles. The first-order valence-corrected chi connectivity index (χ1v) is 39.4. The fourth-order valence-electron chi connectivity index (χ4n) is 19.6. The van der Waals surface area contributed by atoms with Crippen molar-refractivity contribution < 1.29 is 178 Å². The fourth-order valence-corrected chi connectivity index (χ4v) is 19.6. The zero-order valence-corrected chi connectivity index (χ0v) is 72.2. The van der Waals surface area contributed by atoms with E-state index in [0.29, 0.717) is 19.3 Å². The standard InChI is InChI=1S/C28H45F3O8.C27H40F6O8.C26H39F5O8/c1-17(2)21(32)37-18-10-11-19(20(12-18)23(5,6)39-24(7)13-26(9,33)35-15-24)22(3,4)38-25(8)14-27(34,36-16-25)28(29,30)31;1-15(2)19(34)39-16-9-17(20(3,4)40-22(7)11-24(35,37-13-22)26(28,29)30)18(10-16)21(5,6)41-23(8)12-25(36,38-14-23)27(31,32)33;1-14(2)18(32)37-16-10-15(17(16)20(5,6)38-21(7)11-23(9,33)35-12-21)19(3,4)39-22(8)13-36-25(34,24(22,27)28)26(29,30)31/h18-20,33-34H,1,10-16H2,2-9H3;16-18,35-36H,1,9-14H2,2-8H3;15-17,33-34H,1,10-13H2,2-9H3. The van der Waals surface area contributed by atoms with Gasteiger partial charge in [-0.2, -0.15) is 61.5 Å². The van der Waals surface area contributed by atoms with E-state index in [-0.39, 0.29) is 73.9 Å². The number of hydrogen-bond donors (Lipinski definition) is 6. The van der Waals surface area contributed by atoms with Crippen molar-refractivity contribution in [3.63, 3.8) is 0 Å². The monoisotopic (exact) mass is 1750 g/mol. The Kier molecular flexibility index (Phi) is 28.0. The highest BCUT2D eigenvalue weighted by Gasteiger charge is 2.83. The molecule has 0 radical (unpaired) electrons. The molecule has 690 valence electrons. The topological polar surface area (TPSA) is 311 Å². The average Bonchev–Trinajstić information content (AvgIpc) is 1.60. The van der Waals surface area contributed by atoms with E-state index in [9.17, 15) is 97.7 Å². The first kappa shape index (κ1) is 102. The molecule has 3 saturated carbocycles. The highest BCUT2D eigenvalue weighted by atomic mass is 19.4. The van der Waals surface area contributed by atoms with E-state index in [2.05, 4.69) is 24.5 Å². The average molecular weight is 1750 g/mol. The molecule has 38 heteroatoms. The second-order valence-electron chi connectivity index (χ2n) is 39.7. The van der Waals surface area contributed by atoms with Crippen LogP contribution >= 0.6 is 0 Å². The zero-order chi connectivity index (χ0) is 91.8. The van der Waals surface area contributed by atoms with Crippen LogP contribution in [0.4, 0.5) is 61.5 Å². The molecule has 24 nitrogen and oxygen atoms in total. The van der Waals surface area contributed by atoms with E-state index >= 15 is 8.78 Å². The van der Waals surface area contributed by atoms with Gasteiger partial charge in [-0.3, -0.25) is 0 Å². The molecule has 6 N–H and O–H groups in total. The summed E-state index contributed by atoms with van der Waals surface area (Å²) < 4.78 is 276. The highest BCUT2D eigenvalue weighted by Crippen LogP contribution is 2.61. The molecule has 3 aliphatic carbocycles. The minimum absolute atomic E-state index is 0.0502. The third-order valence-electron chi connectivity index (χ3n) is 24.6. The molecule has 9 fully saturated rings. The van der Waals surface area contributed by atoms with Crippen molar-refractivity contribution in [3.8, 4) is 0 Å². The Morgan fingerprint density at radius 2 is 0.630 bits per heavy atom. The van der Waals surface area contributed by atoms with Crippen molar-refractivity contribution in [3.05, 3.63) is 36.5 Å². The Balaban J connectivity index is 0.000000246. The Hall–Kier alpha value is -4.07. The molecule has 0 bridgehead atoms. The minimum atomic E-state index is -5.78. The van der Waals surface area contributed by atoms with Gasteiger partial charge >= 0.3 is 54.3 Å². The summed E-state index contributed by atoms with van der Waals surface area (Å²) in [5.74, 6) is -27.1. The molecule has 119 heavy (non-hydrogen) atoms. The molecule has 6 heterocycles. The van der Waals surface area contributed by atoms with Crippen molar-refractivity contribution in [2.45, 2.75) is 381 Å². The summed E-state index contributed by atoms with van der Waals surface area (Å²) in [6, 6.07) is 0. The van der Waals surface area contributed by atoms with Crippen LogP contribution in [0.2, 0.25) is 0 Å². The maximum atomic E-state index is 15.2. The first-order chi connectivity index (χ1) is 52.8. The smallest absolute Gasteiger partial charge is 0.449 e. The number of rotatable bonds is 24. The maximum Gasteiger partial charge on any atom is 0.449 e. The van der Waals surface area contributed by atoms with Crippen LogP contribution < -0.4 is 0 Å². The molecule has 20 unspecified atom stereocenters. The van der Waals surface area contributed by atoms with Crippen LogP contribution in [0.15, 0.2) is 36.5 Å². The van der Waals surface area contributed by atoms with Gasteiger partial charge in [0.25, 0.3) is 17.4 Å². The van der Waals surface area contributed by atoms with E-state index in [0.717, 1.165) is 6.92 Å². The van der Waals surface area contributed by atoms with Gasteiger partial charge in [0.05, 0.1) is 101 Å². The lowest BCUT2D eigenvalue weighted by Gasteiger charge is -2.58. The first-order valence-electron chi connectivity index (χ1n) is 39.4. The molecule has 20 atom stereocenters. The van der Waals surface area contributed by atoms with Crippen LogP contribution in [0.25, 0.3) is 0 Å². The summed E-state index contributed by atoms with van der Waals surface area (Å²) in [7, 11) is 0. The number of aliphatic hydroxyl groups is 6. The summed E-state index contributed by atoms with van der Waals surface area (Å²) in [6.07, 6.45) is -22.8. The van der Waals surface area contributed by atoms with Crippen LogP contribution in [0.1, 0.15) is 230 Å². The Labute approximate surface area is 685 Å². The van der Waals surface area contributed by atoms with Crippen LogP contribution in [-0.2, 0) is 85.4 Å². The molecular formula is C81H124F14O24. The Morgan fingerprint density at radius 1 is 0.345 bits per heavy atom. The fraction of sp³-hybridized carbons (Fsp3) is 0.889. The van der Waals surface area contributed by atoms with Gasteiger partial charge in [-0.25, -0.2) is 14.4 Å². The van der Waals surface area contributed by atoms with Crippen molar-refractivity contribution >= 4 is 17.9 Å². The largest absolute Gasteiger partial charge is 0.459 e. The van der Waals surface area contributed by atoms with Gasteiger partial charge in [0, 0.05) is 54.7 Å². The zero-order valence-electron chi connectivity index (χ0n) is 72.2. The molecule has 0 spiro atoms. The van der Waals surface area contributed by atoms with Gasteiger partial charge in [-0.05, 0) is 227 Å². The maximum absolute atomic E-state index is 15.2. The number of carbonyl (C=O) groups excluding carboxylic acids is 3. The van der Waals surface area contributed by atoms with Crippen molar-refractivity contribution in [1.29, 1.82) is 0 Å². The molecule has 0 aromatic heterocycles. The van der Waals surface area contributed by atoms with Gasteiger partial charge in [0.15, 0.2) is 17.2 Å². The SMILES string of the molecule is C=C(C)C(=O)OC1CC(C(C)(C)OC2(C)COC(O)(C(F)(F)F)C2(F)F)C1C(C)(C)OC1(C)COC(C)(O)C1.C=C(C)C(=O)OC1CC(C(C)(C)OC2(C)COC(O)(C(F)(F)F)C2)C(C(C)(C)OC2(C)COC(O)(C(F)(F)F)C2)C1.C=C(C)C(=O)OC1CCC(C(C)(C)OC2(C)COC(O)(C(F)(F)F)C2)C(C(C)(C)OC2(C)COC(C)(O)C2)C1. The normalized spacial score (nSPS) is 39.9. The lowest BCUT2D eigenvalue weighted by molar-refractivity contribution is -0.413. The molecular weight excluding hydrogens is 1620 g/mol. The van der Waals surface area contributed by atoms with Crippen LogP contribution in [-0.4, -0.2) is 239 Å². The van der Waals surface area contributed by atoms with Gasteiger partial charge in [0.1, 0.15) is 18.3 Å². The number of alkyl halides is 14. The Morgan fingerprint density at radius 3 is 0.933 bits per heavy atom. The number of ether oxygens (including phenoxy) is 15. The molecule has 0 amide bonds. The van der Waals surface area contributed by atoms with Gasteiger partial charge < -0.3 is 102 Å². The van der Waals surface area contributed by atoms with Crippen LogP contribution in [0, 0.1) is 35.5 Å². The second kappa shape index (κ2) is 32.7. The molecule has 9 aliphatic rings. The van der Waals surface area contributed by atoms with E-state index in [4.69, 9.17) is 66.3 Å². The predicted octanol–water partition coefficient (Wildman–Crippen LogP) is 14.0. The van der Waals surface area contributed by atoms with E-state index in [1.54, 1.807) is 62.3 Å². The van der Waals surface area contributed by atoms with E-state index in [1.165, 1.54) is 55.4 Å². The van der Waals surface area contributed by atoms with Crippen LogP contribution in [0.5, 0.6) is 0 Å². The van der Waals surface area contributed by atoms with Crippen molar-refractivity contribution in [2.75, 3.05) is 39.6 Å². The van der Waals surface area contributed by atoms with Crippen LogP contribution in [0.3, 0.4) is 0 Å². The number of halogens is 14. The van der Waals surface area contributed by atoms with Gasteiger partial charge in [-0.1, -0.05) is 19.7 Å². The number of hydrogen-bond acceptors (Lipinski definition) is 24. The minimum Gasteiger partial charge on any atom is -0.459 e. The van der Waals surface area contributed by atoms with Gasteiger partial charge in [-0.15, -0.1) is 0 Å². The van der Waals surface area contributed by atoms with E-state index < -0.39 is 238 Å². The quantitative estimate of drug-likeness (QED) is 0.0226. The summed E-state index contributed by atoms with van der Waals surface area (Å²) >= 11 is 0. The van der Waals surface area contributed by atoms with Gasteiger partial charge in [0.2, 0.25) is 0 Å². The third kappa shape index (κ3) is 22.0. The Bertz CT molecular complexity index is 3640. The van der Waals surface area contributed by atoms with E-state index in [1.807, 2.05) is 34.6 Å². The number of esters is 3. The summed E-state index contributed by atoms with van der Waals surface area (Å²) in [5, 5.41) is 60.7. The highest BCUT2D eigenvalue weighted by molar-refractivity contribution is 5.88. The molecule has 9 rings (SSSR count). The molecule has 0 aromatic carbocycles. The summed E-state index contributed by atoms with van der Waals surface area (Å²) in [4.78, 5) is 37.0. The number of carbonyl (C=O) groups is 3. The lowest BCUT2D eigenvalue weighted by atomic mass is 9.57. The summed E-state index contributed by atoms with van der Waals surface area (Å²) in [6.45, 7) is 44.8. The lowest BCUT2D eigenvalue weighted by Crippen LogP contribution is -2.67. The summed E-state index contributed by atoms with van der Waals surface area (Å²) in [5.41, 5.74) is -15.4. The van der Waals surface area contributed by atoms with Crippen molar-refractivity contribution in [2.24, 2.45) is 35.5 Å². The third-order valence-corrected chi connectivity index (χ3v) is 24.6. The van der Waals surface area contributed by atoms with Crippen molar-refractivity contribution in [1.82, 2.24) is 0 Å².